The quantitative estimate of drug-likeness (QED) is 0.731. The highest BCUT2D eigenvalue weighted by atomic mass is 16.5. The maximum absolute atomic E-state index is 5.23. The molecule has 0 aliphatic heterocycles. The summed E-state index contributed by atoms with van der Waals surface area (Å²) in [5.41, 5.74) is 1.83. The second-order valence-electron chi connectivity index (χ2n) is 5.34. The third kappa shape index (κ3) is 3.10. The Labute approximate surface area is 116 Å². The van der Waals surface area contributed by atoms with Gasteiger partial charge in [-0.3, -0.25) is 0 Å². The first-order valence-electron chi connectivity index (χ1n) is 7.11. The zero-order valence-electron chi connectivity index (χ0n) is 12.2. The average molecular weight is 263 g/mol. The molecule has 0 spiro atoms. The number of hydrogen-bond acceptors (Lipinski definition) is 3. The highest BCUT2D eigenvalue weighted by Crippen LogP contribution is 2.56. The van der Waals surface area contributed by atoms with E-state index in [1.54, 1.807) is 14.2 Å². The molecule has 3 heteroatoms. The molecule has 0 aromatic heterocycles. The molecule has 2 rings (SSSR count). The van der Waals surface area contributed by atoms with E-state index >= 15 is 0 Å². The fraction of sp³-hybridized carbons (Fsp3) is 0.625. The number of ether oxygens (including phenoxy) is 2. The molecule has 1 N–H and O–H groups in total. The Bertz CT molecular complexity index is 390. The summed E-state index contributed by atoms with van der Waals surface area (Å²) in [4.78, 5) is 0. The van der Waals surface area contributed by atoms with Crippen molar-refractivity contribution in [2.24, 2.45) is 5.92 Å². The van der Waals surface area contributed by atoms with Gasteiger partial charge in [0.1, 0.15) is 5.75 Å². The first kappa shape index (κ1) is 14.4. The summed E-state index contributed by atoms with van der Waals surface area (Å²) >= 11 is 0. The van der Waals surface area contributed by atoms with Crippen molar-refractivity contribution >= 4 is 0 Å². The first-order valence-corrected chi connectivity index (χ1v) is 7.11. The Morgan fingerprint density at radius 2 is 2.00 bits per heavy atom. The summed E-state index contributed by atoms with van der Waals surface area (Å²) < 4.78 is 10.3. The molecule has 3 nitrogen and oxygen atoms in total. The van der Waals surface area contributed by atoms with Crippen molar-refractivity contribution in [2.45, 2.75) is 25.2 Å². The highest BCUT2D eigenvalue weighted by molar-refractivity contribution is 5.37. The minimum Gasteiger partial charge on any atom is -0.497 e. The van der Waals surface area contributed by atoms with Gasteiger partial charge in [-0.05, 0) is 48.4 Å². The maximum atomic E-state index is 5.23. The molecule has 19 heavy (non-hydrogen) atoms. The maximum Gasteiger partial charge on any atom is 0.118 e. The SMILES string of the molecule is CCC1(c2ccc(OC)cc2)CC1CNCCOC. The van der Waals surface area contributed by atoms with Crippen LogP contribution in [-0.2, 0) is 10.2 Å². The van der Waals surface area contributed by atoms with Gasteiger partial charge in [0.2, 0.25) is 0 Å². The largest absolute Gasteiger partial charge is 0.497 e. The van der Waals surface area contributed by atoms with E-state index in [0.717, 1.165) is 31.4 Å². The van der Waals surface area contributed by atoms with Crippen LogP contribution in [0.2, 0.25) is 0 Å². The zero-order valence-corrected chi connectivity index (χ0v) is 12.2. The van der Waals surface area contributed by atoms with Gasteiger partial charge in [-0.15, -0.1) is 0 Å². The van der Waals surface area contributed by atoms with Crippen LogP contribution in [0, 0.1) is 5.92 Å². The molecular formula is C16H25NO2. The molecule has 1 fully saturated rings. The minimum atomic E-state index is 0.381. The van der Waals surface area contributed by atoms with Crippen LogP contribution in [-0.4, -0.2) is 33.9 Å². The lowest BCUT2D eigenvalue weighted by Gasteiger charge is -2.16. The number of hydrogen-bond donors (Lipinski definition) is 1. The molecule has 106 valence electrons. The van der Waals surface area contributed by atoms with Gasteiger partial charge in [-0.2, -0.15) is 0 Å². The third-order valence-corrected chi connectivity index (χ3v) is 4.40. The van der Waals surface area contributed by atoms with Gasteiger partial charge >= 0.3 is 0 Å². The van der Waals surface area contributed by atoms with Gasteiger partial charge in [0.15, 0.2) is 0 Å². The second-order valence-corrected chi connectivity index (χ2v) is 5.34. The van der Waals surface area contributed by atoms with E-state index in [1.165, 1.54) is 18.4 Å². The summed E-state index contributed by atoms with van der Waals surface area (Å²) in [6.07, 6.45) is 2.49. The molecule has 0 amide bonds. The van der Waals surface area contributed by atoms with Crippen molar-refractivity contribution in [2.75, 3.05) is 33.9 Å². The van der Waals surface area contributed by atoms with E-state index in [1.807, 2.05) is 0 Å². The molecule has 1 aliphatic rings. The number of nitrogens with one attached hydrogen (secondary N) is 1. The highest BCUT2D eigenvalue weighted by Gasteiger charge is 2.52. The van der Waals surface area contributed by atoms with Gasteiger partial charge in [-0.25, -0.2) is 0 Å². The van der Waals surface area contributed by atoms with Crippen LogP contribution >= 0.6 is 0 Å². The molecular weight excluding hydrogens is 238 g/mol. The number of benzene rings is 1. The van der Waals surface area contributed by atoms with Gasteiger partial charge in [0.25, 0.3) is 0 Å². The number of rotatable bonds is 8. The van der Waals surface area contributed by atoms with Crippen LogP contribution in [0.15, 0.2) is 24.3 Å². The zero-order chi connectivity index (χ0) is 13.7. The van der Waals surface area contributed by atoms with Gasteiger partial charge in [0, 0.05) is 13.7 Å². The molecule has 1 aromatic carbocycles. The molecule has 1 aliphatic carbocycles. The van der Waals surface area contributed by atoms with E-state index in [9.17, 15) is 0 Å². The molecule has 2 unspecified atom stereocenters. The predicted molar refractivity (Wildman–Crippen MR) is 77.8 cm³/mol. The van der Waals surface area contributed by atoms with E-state index in [4.69, 9.17) is 9.47 Å². The summed E-state index contributed by atoms with van der Waals surface area (Å²) in [6.45, 7) is 5.10. The normalized spacial score (nSPS) is 25.3. The summed E-state index contributed by atoms with van der Waals surface area (Å²) in [5.74, 6) is 1.69. The predicted octanol–water partition coefficient (Wildman–Crippen LogP) is 2.60. The van der Waals surface area contributed by atoms with Crippen molar-refractivity contribution in [1.82, 2.24) is 5.32 Å². The lowest BCUT2D eigenvalue weighted by atomic mass is 9.90. The van der Waals surface area contributed by atoms with E-state index in [-0.39, 0.29) is 0 Å². The third-order valence-electron chi connectivity index (χ3n) is 4.40. The Morgan fingerprint density at radius 1 is 1.26 bits per heavy atom. The van der Waals surface area contributed by atoms with E-state index in [2.05, 4.69) is 36.5 Å². The first-order chi connectivity index (χ1) is 9.26. The van der Waals surface area contributed by atoms with Gasteiger partial charge in [-0.1, -0.05) is 19.1 Å². The van der Waals surface area contributed by atoms with Crippen LogP contribution in [0.25, 0.3) is 0 Å². The van der Waals surface area contributed by atoms with Crippen molar-refractivity contribution in [1.29, 1.82) is 0 Å². The molecule has 0 radical (unpaired) electrons. The topological polar surface area (TPSA) is 30.5 Å². The summed E-state index contributed by atoms with van der Waals surface area (Å²) in [5, 5.41) is 3.48. The fourth-order valence-electron chi connectivity index (χ4n) is 3.01. The van der Waals surface area contributed by atoms with Crippen molar-refractivity contribution < 1.29 is 9.47 Å². The molecule has 1 aromatic rings. The molecule has 0 bridgehead atoms. The minimum absolute atomic E-state index is 0.381. The lowest BCUT2D eigenvalue weighted by Crippen LogP contribution is -2.24. The average Bonchev–Trinajstić information content (AvgIpc) is 3.18. The summed E-state index contributed by atoms with van der Waals surface area (Å²) in [6, 6.07) is 8.58. The van der Waals surface area contributed by atoms with Crippen LogP contribution in [0.1, 0.15) is 25.3 Å². The molecule has 0 heterocycles. The molecule has 2 atom stereocenters. The fourth-order valence-corrected chi connectivity index (χ4v) is 3.01. The Balaban J connectivity index is 1.93. The number of methoxy groups -OCH3 is 2. The standard InChI is InChI=1S/C16H25NO2/c1-4-16(11-14(16)12-17-9-10-18-2)13-5-7-15(19-3)8-6-13/h5-8,14,17H,4,9-12H2,1-3H3. The van der Waals surface area contributed by atoms with Crippen LogP contribution in [0.4, 0.5) is 0 Å². The van der Waals surface area contributed by atoms with Crippen LogP contribution < -0.4 is 10.1 Å². The smallest absolute Gasteiger partial charge is 0.118 e. The lowest BCUT2D eigenvalue weighted by molar-refractivity contribution is 0.199. The van der Waals surface area contributed by atoms with Gasteiger partial charge in [0.05, 0.1) is 13.7 Å². The van der Waals surface area contributed by atoms with E-state index in [0.29, 0.717) is 5.41 Å². The Kier molecular flexibility index (Phi) is 4.83. The second kappa shape index (κ2) is 6.40. The van der Waals surface area contributed by atoms with E-state index < -0.39 is 0 Å². The van der Waals surface area contributed by atoms with Crippen molar-refractivity contribution in [3.63, 3.8) is 0 Å². The molecule has 1 saturated carbocycles. The van der Waals surface area contributed by atoms with Gasteiger partial charge < -0.3 is 14.8 Å². The van der Waals surface area contributed by atoms with Crippen LogP contribution in [0.3, 0.4) is 0 Å². The Morgan fingerprint density at radius 3 is 2.58 bits per heavy atom. The van der Waals surface area contributed by atoms with Crippen LogP contribution in [0.5, 0.6) is 5.75 Å². The van der Waals surface area contributed by atoms with Crippen molar-refractivity contribution in [3.05, 3.63) is 29.8 Å². The summed E-state index contributed by atoms with van der Waals surface area (Å²) in [7, 11) is 3.46. The monoisotopic (exact) mass is 263 g/mol. The van der Waals surface area contributed by atoms with Crippen molar-refractivity contribution in [3.8, 4) is 5.75 Å². The molecule has 0 saturated heterocycles. The Hall–Kier alpha value is -1.06.